The van der Waals surface area contributed by atoms with Gasteiger partial charge in [-0.3, -0.25) is 0 Å². The molecule has 0 heterocycles. The van der Waals surface area contributed by atoms with Gasteiger partial charge < -0.3 is 35.5 Å². The average Bonchev–Trinajstić information content (AvgIpc) is 2.71. The van der Waals surface area contributed by atoms with E-state index in [-0.39, 0.29) is 0 Å². The minimum absolute atomic E-state index is 2.17. The van der Waals surface area contributed by atoms with Gasteiger partial charge in [-0.15, -0.1) is 0 Å². The number of carboxylic acid groups (broad SMARTS) is 4. The zero-order valence-electron chi connectivity index (χ0n) is 18.9. The van der Waals surface area contributed by atoms with Crippen LogP contribution in [0.2, 0.25) is 0 Å². The largest absolute Gasteiger partial charge is 0.631 e. The first-order valence-corrected chi connectivity index (χ1v) is 8.27. The Balaban J connectivity index is -0.000000147. The molecule has 0 fully saturated rings. The van der Waals surface area contributed by atoms with Crippen LogP contribution in [0.1, 0.15) is 0 Å². The van der Waals surface area contributed by atoms with E-state index in [1.54, 1.807) is 0 Å². The molecule has 0 aromatic rings. The summed E-state index contributed by atoms with van der Waals surface area (Å²) in [6.07, 6.45) is -24.1. The molecule has 0 amide bonds. The SMILES string of the molecule is O=C(O)C(F)(F)C(F)(F)F.O=C(O)C(F)(F)C(F)(F)F.O=C(O)C(F)(F)C(F)(F)F.O=C(O)C(F)(F)C(F)(F)F.OB(O)O. The van der Waals surface area contributed by atoms with Gasteiger partial charge in [0.15, 0.2) is 0 Å². The standard InChI is InChI=1S/4C3HF5O2.BH3O3/c4*4-2(5,1(9)10)3(6,7)8;2-1(3)4/h4*(H,9,10);2-4H. The summed E-state index contributed by atoms with van der Waals surface area (Å²) in [6, 6.07) is 0. The van der Waals surface area contributed by atoms with Gasteiger partial charge in [-0.1, -0.05) is 0 Å². The Morgan fingerprint density at radius 3 is 0.386 bits per heavy atom. The Bertz CT molecular complexity index is 788. The van der Waals surface area contributed by atoms with Gasteiger partial charge in [0.25, 0.3) is 0 Å². The van der Waals surface area contributed by atoms with E-state index in [1.807, 2.05) is 0 Å². The van der Waals surface area contributed by atoms with Crippen molar-refractivity contribution in [3.63, 3.8) is 0 Å². The molecule has 0 rings (SSSR count). The molecule has 7 N–H and O–H groups in total. The van der Waals surface area contributed by atoms with Crippen LogP contribution >= 0.6 is 0 Å². The van der Waals surface area contributed by atoms with Gasteiger partial charge in [0.1, 0.15) is 0 Å². The third kappa shape index (κ3) is 16.9. The summed E-state index contributed by atoms with van der Waals surface area (Å²) in [5, 5.41) is 50.7. The van der Waals surface area contributed by atoms with Crippen molar-refractivity contribution in [3.8, 4) is 0 Å². The Labute approximate surface area is 223 Å². The van der Waals surface area contributed by atoms with Crippen molar-refractivity contribution in [1.82, 2.24) is 0 Å². The van der Waals surface area contributed by atoms with E-state index in [0.717, 1.165) is 0 Å². The highest BCUT2D eigenvalue weighted by Crippen LogP contribution is 2.37. The molecule has 0 aromatic carbocycles. The van der Waals surface area contributed by atoms with Crippen LogP contribution in [0.4, 0.5) is 87.8 Å². The second kappa shape index (κ2) is 16.5. The topological polar surface area (TPSA) is 210 Å². The normalized spacial score (nSPS) is 12.7. The van der Waals surface area contributed by atoms with Gasteiger partial charge in [0.05, 0.1) is 0 Å². The van der Waals surface area contributed by atoms with Gasteiger partial charge in [-0.25, -0.2) is 19.2 Å². The third-order valence-electron chi connectivity index (χ3n) is 2.50. The van der Waals surface area contributed by atoms with Crippen molar-refractivity contribution in [3.05, 3.63) is 0 Å². The molecular formula is C12H7BF20O11. The number of carboxylic acids is 4. The lowest BCUT2D eigenvalue weighted by molar-refractivity contribution is -0.278. The molecule has 264 valence electrons. The molecule has 0 aliphatic heterocycles. The zero-order valence-corrected chi connectivity index (χ0v) is 18.9. The van der Waals surface area contributed by atoms with E-state index >= 15 is 0 Å². The molecule has 0 saturated carbocycles. The van der Waals surface area contributed by atoms with E-state index in [2.05, 4.69) is 0 Å². The summed E-state index contributed by atoms with van der Waals surface area (Å²) in [6.45, 7) is 0. The Morgan fingerprint density at radius 1 is 0.318 bits per heavy atom. The Hall–Kier alpha value is -3.58. The smallest absolute Gasteiger partial charge is 0.477 e. The molecule has 0 unspecified atom stereocenters. The van der Waals surface area contributed by atoms with Gasteiger partial charge in [0.2, 0.25) is 0 Å². The van der Waals surface area contributed by atoms with Crippen molar-refractivity contribution < 1.29 is 142 Å². The fourth-order valence-electron chi connectivity index (χ4n) is 0.485. The fraction of sp³-hybridized carbons (Fsp3) is 0.667. The fourth-order valence-corrected chi connectivity index (χ4v) is 0.485. The van der Waals surface area contributed by atoms with E-state index in [1.165, 1.54) is 0 Å². The Kier molecular flexibility index (Phi) is 18.8. The quantitative estimate of drug-likeness (QED) is 0.166. The highest BCUT2D eigenvalue weighted by Gasteiger charge is 2.66. The van der Waals surface area contributed by atoms with Crippen molar-refractivity contribution in [2.75, 3.05) is 0 Å². The van der Waals surface area contributed by atoms with Crippen LogP contribution in [0.3, 0.4) is 0 Å². The summed E-state index contributed by atoms with van der Waals surface area (Å²) in [4.78, 5) is 36.8. The number of carbonyl (C=O) groups is 4. The van der Waals surface area contributed by atoms with Crippen molar-refractivity contribution in [1.29, 1.82) is 0 Å². The second-order valence-corrected chi connectivity index (χ2v) is 5.86. The second-order valence-electron chi connectivity index (χ2n) is 5.86. The molecule has 0 spiro atoms. The maximum absolute atomic E-state index is 11.3. The van der Waals surface area contributed by atoms with Crippen molar-refractivity contribution >= 4 is 31.2 Å². The number of rotatable bonds is 4. The minimum atomic E-state index is -6.02. The maximum Gasteiger partial charge on any atom is 0.631 e. The highest BCUT2D eigenvalue weighted by molar-refractivity contribution is 6.30. The highest BCUT2D eigenvalue weighted by atomic mass is 19.4. The molecule has 0 aliphatic rings. The Morgan fingerprint density at radius 2 is 0.386 bits per heavy atom. The molecule has 0 radical (unpaired) electrons. The zero-order chi connectivity index (χ0) is 37.9. The molecule has 0 atom stereocenters. The number of hydrogen-bond acceptors (Lipinski definition) is 7. The van der Waals surface area contributed by atoms with E-state index in [4.69, 9.17) is 35.5 Å². The minimum Gasteiger partial charge on any atom is -0.477 e. The van der Waals surface area contributed by atoms with Crippen LogP contribution in [0.25, 0.3) is 0 Å². The van der Waals surface area contributed by atoms with Crippen LogP contribution in [-0.2, 0) is 19.2 Å². The van der Waals surface area contributed by atoms with Crippen molar-refractivity contribution in [2.24, 2.45) is 0 Å². The predicted molar refractivity (Wildman–Crippen MR) is 87.0 cm³/mol. The van der Waals surface area contributed by atoms with E-state index in [0.29, 0.717) is 0 Å². The lowest BCUT2D eigenvalue weighted by Crippen LogP contribution is -2.43. The number of alkyl halides is 20. The first-order chi connectivity index (χ1) is 18.5. The first-order valence-electron chi connectivity index (χ1n) is 8.27. The van der Waals surface area contributed by atoms with Gasteiger partial charge in [-0.05, 0) is 0 Å². The van der Waals surface area contributed by atoms with Crippen LogP contribution in [0.5, 0.6) is 0 Å². The molecule has 11 nitrogen and oxygen atoms in total. The van der Waals surface area contributed by atoms with E-state index in [9.17, 15) is 107 Å². The molecule has 0 bridgehead atoms. The number of aliphatic carboxylic acids is 4. The van der Waals surface area contributed by atoms with Crippen LogP contribution in [0, 0.1) is 0 Å². The summed E-state index contributed by atoms with van der Waals surface area (Å²) in [5.41, 5.74) is 0. The van der Waals surface area contributed by atoms with Gasteiger partial charge in [0, 0.05) is 0 Å². The molecule has 32 heteroatoms. The lowest BCUT2D eigenvalue weighted by atomic mass is 10.3. The monoisotopic (exact) mass is 718 g/mol. The van der Waals surface area contributed by atoms with E-state index < -0.39 is 79.6 Å². The third-order valence-corrected chi connectivity index (χ3v) is 2.50. The number of hydrogen-bond donors (Lipinski definition) is 7. The van der Waals surface area contributed by atoms with Crippen LogP contribution < -0.4 is 0 Å². The molecule has 44 heavy (non-hydrogen) atoms. The number of halogens is 20. The maximum atomic E-state index is 11.3. The first kappa shape index (κ1) is 50.1. The summed E-state index contributed by atoms with van der Waals surface area (Å²) < 4.78 is 222. The lowest BCUT2D eigenvalue weighted by Gasteiger charge is -2.13. The van der Waals surface area contributed by atoms with Gasteiger partial charge in [-0.2, -0.15) is 87.8 Å². The molecule has 0 aromatic heterocycles. The van der Waals surface area contributed by atoms with Gasteiger partial charge >= 0.3 is 79.6 Å². The summed E-state index contributed by atoms with van der Waals surface area (Å²) >= 11 is 0. The summed E-state index contributed by atoms with van der Waals surface area (Å²) in [5.74, 6) is -35.4. The summed E-state index contributed by atoms with van der Waals surface area (Å²) in [7, 11) is -2.17. The molecule has 0 aliphatic carbocycles. The predicted octanol–water partition coefficient (Wildman–Crippen LogP) is 3.02. The van der Waals surface area contributed by atoms with Crippen LogP contribution in [0.15, 0.2) is 0 Å². The molecule has 0 saturated heterocycles. The van der Waals surface area contributed by atoms with Crippen LogP contribution in [-0.4, -0.2) is 115 Å². The average molecular weight is 718 g/mol. The van der Waals surface area contributed by atoms with Crippen molar-refractivity contribution in [2.45, 2.75) is 48.4 Å². The molecular weight excluding hydrogens is 711 g/mol.